The Bertz CT molecular complexity index is 345. The molecule has 0 aliphatic heterocycles. The van der Waals surface area contributed by atoms with Gasteiger partial charge in [-0.1, -0.05) is 43.0 Å². The van der Waals surface area contributed by atoms with Crippen molar-refractivity contribution in [1.29, 1.82) is 0 Å². The second kappa shape index (κ2) is 6.42. The van der Waals surface area contributed by atoms with Gasteiger partial charge in [0.15, 0.2) is 0 Å². The molecule has 0 saturated heterocycles. The van der Waals surface area contributed by atoms with Crippen molar-refractivity contribution in [2.75, 3.05) is 0 Å². The minimum Gasteiger partial charge on any atom is -0.310 e. The van der Waals surface area contributed by atoms with Gasteiger partial charge >= 0.3 is 0 Å². The Labute approximate surface area is 110 Å². The van der Waals surface area contributed by atoms with Gasteiger partial charge in [0.05, 0.1) is 0 Å². The van der Waals surface area contributed by atoms with E-state index in [2.05, 4.69) is 18.3 Å². The third-order valence-corrected chi connectivity index (χ3v) is 4.11. The first-order chi connectivity index (χ1) is 8.25. The molecule has 0 unspecified atom stereocenters. The van der Waals surface area contributed by atoms with Crippen LogP contribution in [0.25, 0.3) is 0 Å². The predicted molar refractivity (Wildman–Crippen MR) is 74.3 cm³/mol. The molecule has 0 radical (unpaired) electrons. The molecule has 1 aliphatic carbocycles. The third-order valence-electron chi connectivity index (χ3n) is 3.87. The van der Waals surface area contributed by atoms with E-state index in [1.807, 2.05) is 18.2 Å². The van der Waals surface area contributed by atoms with Crippen molar-refractivity contribution in [3.8, 4) is 0 Å². The summed E-state index contributed by atoms with van der Waals surface area (Å²) in [7, 11) is 0. The molecule has 0 spiro atoms. The highest BCUT2D eigenvalue weighted by Gasteiger charge is 2.19. The lowest BCUT2D eigenvalue weighted by Gasteiger charge is -2.28. The molecule has 1 atom stereocenters. The molecule has 0 aromatic heterocycles. The number of benzene rings is 1. The molecule has 0 amide bonds. The highest BCUT2D eigenvalue weighted by atomic mass is 35.5. The monoisotopic (exact) mass is 251 g/mol. The van der Waals surface area contributed by atoms with E-state index in [1.54, 1.807) is 0 Å². The van der Waals surface area contributed by atoms with Crippen molar-refractivity contribution in [2.45, 2.75) is 51.6 Å². The Balaban J connectivity index is 1.80. The van der Waals surface area contributed by atoms with Crippen molar-refractivity contribution < 1.29 is 0 Å². The Morgan fingerprint density at radius 1 is 1.29 bits per heavy atom. The summed E-state index contributed by atoms with van der Waals surface area (Å²) in [4.78, 5) is 0. The molecule has 2 heteroatoms. The van der Waals surface area contributed by atoms with Gasteiger partial charge in [0.2, 0.25) is 0 Å². The van der Waals surface area contributed by atoms with Crippen LogP contribution in [0.5, 0.6) is 0 Å². The number of hydrogen-bond acceptors (Lipinski definition) is 1. The molecular formula is C15H22ClN. The fraction of sp³-hybridized carbons (Fsp3) is 0.600. The van der Waals surface area contributed by atoms with Crippen LogP contribution < -0.4 is 5.32 Å². The maximum atomic E-state index is 5.98. The van der Waals surface area contributed by atoms with E-state index in [4.69, 9.17) is 11.6 Å². The van der Waals surface area contributed by atoms with Crippen molar-refractivity contribution in [1.82, 2.24) is 5.32 Å². The second-order valence-corrected chi connectivity index (χ2v) is 5.63. The van der Waals surface area contributed by atoms with Crippen molar-refractivity contribution in [3.63, 3.8) is 0 Å². The van der Waals surface area contributed by atoms with Gasteiger partial charge in [0, 0.05) is 17.6 Å². The van der Waals surface area contributed by atoms with Crippen LogP contribution in [0.15, 0.2) is 24.3 Å². The molecule has 0 heterocycles. The second-order valence-electron chi connectivity index (χ2n) is 5.20. The molecule has 1 N–H and O–H groups in total. The van der Waals surface area contributed by atoms with E-state index in [-0.39, 0.29) is 0 Å². The first kappa shape index (κ1) is 12.9. The average Bonchev–Trinajstić information content (AvgIpc) is 2.37. The van der Waals surface area contributed by atoms with Gasteiger partial charge < -0.3 is 5.32 Å². The molecule has 1 aliphatic rings. The summed E-state index contributed by atoms with van der Waals surface area (Å²) < 4.78 is 0. The molecular weight excluding hydrogens is 230 g/mol. The summed E-state index contributed by atoms with van der Waals surface area (Å²) in [6, 6.07) is 8.74. The van der Waals surface area contributed by atoms with E-state index in [9.17, 15) is 0 Å². The Hall–Kier alpha value is -0.530. The molecule has 17 heavy (non-hydrogen) atoms. The largest absolute Gasteiger partial charge is 0.310 e. The third kappa shape index (κ3) is 4.01. The highest BCUT2D eigenvalue weighted by Crippen LogP contribution is 2.26. The molecule has 2 rings (SSSR count). The molecule has 1 aromatic carbocycles. The number of nitrogens with one attached hydrogen (secondary N) is 1. The standard InChI is InChI=1S/C15H22ClN/c1-12(14-7-3-2-4-8-14)17-11-13-6-5-9-15(16)10-13/h5-6,9-10,12,14,17H,2-4,7-8,11H2,1H3/t12-/m1/s1. The summed E-state index contributed by atoms with van der Waals surface area (Å²) in [6.45, 7) is 3.25. The van der Waals surface area contributed by atoms with Crippen LogP contribution in [0.1, 0.15) is 44.6 Å². The molecule has 1 fully saturated rings. The Morgan fingerprint density at radius 3 is 2.76 bits per heavy atom. The van der Waals surface area contributed by atoms with Gasteiger partial charge in [-0.05, 0) is 43.4 Å². The fourth-order valence-corrected chi connectivity index (χ4v) is 2.94. The lowest BCUT2D eigenvalue weighted by Crippen LogP contribution is -2.34. The van der Waals surface area contributed by atoms with Crippen molar-refractivity contribution in [3.05, 3.63) is 34.9 Å². The predicted octanol–water partition coefficient (Wildman–Crippen LogP) is 4.40. The zero-order valence-electron chi connectivity index (χ0n) is 10.6. The van der Waals surface area contributed by atoms with Gasteiger partial charge in [-0.2, -0.15) is 0 Å². The van der Waals surface area contributed by atoms with Crippen LogP contribution in [0.4, 0.5) is 0 Å². The lowest BCUT2D eigenvalue weighted by atomic mass is 9.84. The van der Waals surface area contributed by atoms with E-state index in [0.29, 0.717) is 6.04 Å². The number of halogens is 1. The molecule has 1 saturated carbocycles. The molecule has 1 aromatic rings. The fourth-order valence-electron chi connectivity index (χ4n) is 2.73. The van der Waals surface area contributed by atoms with Gasteiger partial charge in [-0.15, -0.1) is 0 Å². The smallest absolute Gasteiger partial charge is 0.0409 e. The maximum absolute atomic E-state index is 5.98. The first-order valence-electron chi connectivity index (χ1n) is 6.73. The van der Waals surface area contributed by atoms with Crippen LogP contribution in [-0.4, -0.2) is 6.04 Å². The van der Waals surface area contributed by atoms with Gasteiger partial charge in [-0.25, -0.2) is 0 Å². The lowest BCUT2D eigenvalue weighted by molar-refractivity contribution is 0.280. The first-order valence-corrected chi connectivity index (χ1v) is 7.11. The van der Waals surface area contributed by atoms with Crippen LogP contribution in [0.2, 0.25) is 5.02 Å². The van der Waals surface area contributed by atoms with Gasteiger partial charge in [-0.3, -0.25) is 0 Å². The van der Waals surface area contributed by atoms with E-state index >= 15 is 0 Å². The zero-order chi connectivity index (χ0) is 12.1. The van der Waals surface area contributed by atoms with Gasteiger partial charge in [0.1, 0.15) is 0 Å². The zero-order valence-corrected chi connectivity index (χ0v) is 11.3. The Morgan fingerprint density at radius 2 is 2.06 bits per heavy atom. The summed E-state index contributed by atoms with van der Waals surface area (Å²) in [5.41, 5.74) is 1.28. The van der Waals surface area contributed by atoms with Crippen molar-refractivity contribution >= 4 is 11.6 Å². The number of hydrogen-bond donors (Lipinski definition) is 1. The summed E-state index contributed by atoms with van der Waals surface area (Å²) in [6.07, 6.45) is 7.03. The van der Waals surface area contributed by atoms with Crippen molar-refractivity contribution in [2.24, 2.45) is 5.92 Å². The quantitative estimate of drug-likeness (QED) is 0.837. The topological polar surface area (TPSA) is 12.0 Å². The average molecular weight is 252 g/mol. The van der Waals surface area contributed by atoms with Crippen LogP contribution in [-0.2, 0) is 6.54 Å². The van der Waals surface area contributed by atoms with Crippen LogP contribution >= 0.6 is 11.6 Å². The SMILES string of the molecule is C[C@@H](NCc1cccc(Cl)c1)C1CCCCC1. The van der Waals surface area contributed by atoms with Crippen LogP contribution in [0.3, 0.4) is 0 Å². The number of rotatable bonds is 4. The van der Waals surface area contributed by atoms with Gasteiger partial charge in [0.25, 0.3) is 0 Å². The maximum Gasteiger partial charge on any atom is 0.0409 e. The molecule has 94 valence electrons. The van der Waals surface area contributed by atoms with E-state index in [0.717, 1.165) is 17.5 Å². The molecule has 0 bridgehead atoms. The summed E-state index contributed by atoms with van der Waals surface area (Å²) >= 11 is 5.98. The molecule has 1 nitrogen and oxygen atoms in total. The van der Waals surface area contributed by atoms with Crippen LogP contribution in [0, 0.1) is 5.92 Å². The highest BCUT2D eigenvalue weighted by molar-refractivity contribution is 6.30. The summed E-state index contributed by atoms with van der Waals surface area (Å²) in [5.74, 6) is 0.864. The minimum atomic E-state index is 0.620. The summed E-state index contributed by atoms with van der Waals surface area (Å²) in [5, 5.41) is 4.47. The normalized spacial score (nSPS) is 19.2. The van der Waals surface area contributed by atoms with E-state index < -0.39 is 0 Å². The minimum absolute atomic E-state index is 0.620. The Kier molecular flexibility index (Phi) is 4.87. The van der Waals surface area contributed by atoms with E-state index in [1.165, 1.54) is 37.7 Å².